The van der Waals surface area contributed by atoms with Crippen LogP contribution in [-0.2, 0) is 10.0 Å². The van der Waals surface area contributed by atoms with E-state index in [4.69, 9.17) is 11.6 Å². The standard InChI is InChI=1S/C24H28ClN3O5S/c1-13-8-7-9-14(12-13)23(24(2,3)4)27-18-17(20(30)21(18)31)26-16-11-10-15(25)22(19(16)29)34(32,33)28(5)6/h7-12,23,26-27,29H,1-6H3. The van der Waals surface area contributed by atoms with E-state index in [2.05, 4.69) is 10.6 Å². The zero-order valence-corrected chi connectivity index (χ0v) is 21.4. The third-order valence-electron chi connectivity index (χ3n) is 5.52. The Morgan fingerprint density at radius 2 is 1.65 bits per heavy atom. The maximum atomic E-state index is 12.6. The Balaban J connectivity index is 2.04. The Bertz CT molecular complexity index is 1420. The van der Waals surface area contributed by atoms with Gasteiger partial charge < -0.3 is 15.7 Å². The van der Waals surface area contributed by atoms with Crippen molar-refractivity contribution in [2.24, 2.45) is 5.41 Å². The summed E-state index contributed by atoms with van der Waals surface area (Å²) in [6, 6.07) is 10.2. The van der Waals surface area contributed by atoms with Crippen LogP contribution in [0.4, 0.5) is 17.1 Å². The number of anilines is 3. The van der Waals surface area contributed by atoms with E-state index in [9.17, 15) is 23.1 Å². The molecule has 0 aliphatic heterocycles. The van der Waals surface area contributed by atoms with Crippen LogP contribution in [0, 0.1) is 12.3 Å². The molecule has 3 N–H and O–H groups in total. The van der Waals surface area contributed by atoms with Crippen molar-refractivity contribution in [2.45, 2.75) is 38.6 Å². The normalized spacial score (nSPS) is 13.3. The summed E-state index contributed by atoms with van der Waals surface area (Å²) in [5.74, 6) is -0.647. The predicted molar refractivity (Wildman–Crippen MR) is 136 cm³/mol. The average Bonchev–Trinajstić information content (AvgIpc) is 2.73. The number of rotatable bonds is 7. The van der Waals surface area contributed by atoms with Gasteiger partial charge in [0, 0.05) is 14.1 Å². The summed E-state index contributed by atoms with van der Waals surface area (Å²) < 4.78 is 26.2. The minimum atomic E-state index is -4.07. The molecule has 0 fully saturated rings. The van der Waals surface area contributed by atoms with Crippen molar-refractivity contribution >= 4 is 38.7 Å². The highest BCUT2D eigenvalue weighted by Crippen LogP contribution is 2.41. The van der Waals surface area contributed by atoms with Crippen LogP contribution >= 0.6 is 11.6 Å². The van der Waals surface area contributed by atoms with Crippen LogP contribution in [0.3, 0.4) is 0 Å². The van der Waals surface area contributed by atoms with Crippen molar-refractivity contribution < 1.29 is 13.5 Å². The number of aryl methyl sites for hydroxylation is 1. The molecule has 8 nitrogen and oxygen atoms in total. The molecule has 0 heterocycles. The van der Waals surface area contributed by atoms with Gasteiger partial charge in [-0.3, -0.25) is 9.59 Å². The fourth-order valence-electron chi connectivity index (χ4n) is 3.65. The van der Waals surface area contributed by atoms with Gasteiger partial charge in [-0.05, 0) is 30.0 Å². The minimum Gasteiger partial charge on any atom is -0.504 e. The van der Waals surface area contributed by atoms with Crippen LogP contribution in [0.2, 0.25) is 5.02 Å². The van der Waals surface area contributed by atoms with Gasteiger partial charge in [-0.2, -0.15) is 0 Å². The largest absolute Gasteiger partial charge is 0.504 e. The summed E-state index contributed by atoms with van der Waals surface area (Å²) in [5, 5.41) is 16.4. The molecule has 182 valence electrons. The molecule has 0 radical (unpaired) electrons. The van der Waals surface area contributed by atoms with E-state index in [1.54, 1.807) is 0 Å². The molecule has 3 aromatic rings. The highest BCUT2D eigenvalue weighted by molar-refractivity contribution is 7.89. The fraction of sp³-hybridized carbons (Fsp3) is 0.333. The fourth-order valence-corrected chi connectivity index (χ4v) is 5.13. The van der Waals surface area contributed by atoms with Crippen LogP contribution in [0.1, 0.15) is 37.9 Å². The number of benzene rings is 2. The Kier molecular flexibility index (Phi) is 6.85. The van der Waals surface area contributed by atoms with E-state index in [-0.39, 0.29) is 33.5 Å². The number of hydrogen-bond donors (Lipinski definition) is 3. The van der Waals surface area contributed by atoms with E-state index in [0.29, 0.717) is 0 Å². The van der Waals surface area contributed by atoms with Crippen LogP contribution in [0.15, 0.2) is 50.9 Å². The zero-order valence-electron chi connectivity index (χ0n) is 19.9. The second-order valence-corrected chi connectivity index (χ2v) is 11.9. The highest BCUT2D eigenvalue weighted by atomic mass is 35.5. The first-order valence-electron chi connectivity index (χ1n) is 10.5. The first kappa shape index (κ1) is 25.7. The lowest BCUT2D eigenvalue weighted by atomic mass is 9.81. The van der Waals surface area contributed by atoms with Crippen LogP contribution in [-0.4, -0.2) is 31.9 Å². The molecule has 0 amide bonds. The van der Waals surface area contributed by atoms with Crippen LogP contribution in [0.25, 0.3) is 0 Å². The summed E-state index contributed by atoms with van der Waals surface area (Å²) in [4.78, 5) is 24.4. The SMILES string of the molecule is Cc1cccc(C(Nc2c(Nc3ccc(Cl)c(S(=O)(=O)N(C)C)c3O)c(=O)c2=O)C(C)(C)C)c1. The van der Waals surface area contributed by atoms with Crippen molar-refractivity contribution in [3.05, 3.63) is 73.0 Å². The van der Waals surface area contributed by atoms with E-state index in [1.165, 1.54) is 26.2 Å². The van der Waals surface area contributed by atoms with Crippen molar-refractivity contribution in [3.63, 3.8) is 0 Å². The van der Waals surface area contributed by atoms with Gasteiger partial charge in [0.1, 0.15) is 16.3 Å². The molecule has 1 atom stereocenters. The molecule has 0 saturated heterocycles. The van der Waals surface area contributed by atoms with Gasteiger partial charge in [-0.25, -0.2) is 12.7 Å². The molecule has 0 spiro atoms. The Morgan fingerprint density at radius 1 is 1.03 bits per heavy atom. The molecular formula is C24H28ClN3O5S. The van der Waals surface area contributed by atoms with E-state index in [1.807, 2.05) is 52.0 Å². The number of nitrogens with zero attached hydrogens (tertiary/aromatic N) is 1. The van der Waals surface area contributed by atoms with E-state index >= 15 is 0 Å². The van der Waals surface area contributed by atoms with Crippen molar-refractivity contribution in [1.29, 1.82) is 0 Å². The summed E-state index contributed by atoms with van der Waals surface area (Å²) in [6.07, 6.45) is 0. The number of hydrogen-bond acceptors (Lipinski definition) is 7. The smallest absolute Gasteiger partial charge is 0.253 e. The topological polar surface area (TPSA) is 116 Å². The maximum absolute atomic E-state index is 12.6. The first-order chi connectivity index (χ1) is 15.7. The van der Waals surface area contributed by atoms with Gasteiger partial charge >= 0.3 is 0 Å². The lowest BCUT2D eigenvalue weighted by molar-refractivity contribution is 0.347. The molecule has 0 saturated carbocycles. The van der Waals surface area contributed by atoms with Crippen molar-refractivity contribution in [1.82, 2.24) is 4.31 Å². The van der Waals surface area contributed by atoms with Gasteiger partial charge in [0.2, 0.25) is 10.0 Å². The van der Waals surface area contributed by atoms with E-state index in [0.717, 1.165) is 15.4 Å². The number of phenolic OH excluding ortho intramolecular Hbond substituents is 1. The van der Waals surface area contributed by atoms with Gasteiger partial charge in [-0.1, -0.05) is 62.2 Å². The highest BCUT2D eigenvalue weighted by Gasteiger charge is 2.32. The number of halogens is 1. The third kappa shape index (κ3) is 4.68. The summed E-state index contributed by atoms with van der Waals surface area (Å²) in [7, 11) is -1.46. The molecule has 0 aromatic heterocycles. The quantitative estimate of drug-likeness (QED) is 0.326. The monoisotopic (exact) mass is 505 g/mol. The summed E-state index contributed by atoms with van der Waals surface area (Å²) in [5.41, 5.74) is 0.154. The Hall–Kier alpha value is -2.88. The summed E-state index contributed by atoms with van der Waals surface area (Å²) in [6.45, 7) is 8.00. The zero-order chi connectivity index (χ0) is 25.6. The molecule has 0 aliphatic carbocycles. The molecule has 0 aliphatic rings. The molecule has 0 bridgehead atoms. The van der Waals surface area contributed by atoms with Gasteiger partial charge in [0.25, 0.3) is 10.9 Å². The van der Waals surface area contributed by atoms with Gasteiger partial charge in [-0.15, -0.1) is 0 Å². The van der Waals surface area contributed by atoms with Crippen molar-refractivity contribution in [3.8, 4) is 5.75 Å². The van der Waals surface area contributed by atoms with Crippen LogP contribution < -0.4 is 21.5 Å². The molecule has 3 aromatic carbocycles. The Labute approximate surface area is 203 Å². The van der Waals surface area contributed by atoms with Crippen molar-refractivity contribution in [2.75, 3.05) is 24.7 Å². The lowest BCUT2D eigenvalue weighted by Gasteiger charge is -2.34. The second-order valence-electron chi connectivity index (χ2n) is 9.45. The maximum Gasteiger partial charge on any atom is 0.253 e. The van der Waals surface area contributed by atoms with Gasteiger partial charge in [0.15, 0.2) is 5.75 Å². The Morgan fingerprint density at radius 3 is 2.21 bits per heavy atom. The molecule has 34 heavy (non-hydrogen) atoms. The predicted octanol–water partition coefficient (Wildman–Crippen LogP) is 4.14. The molecule has 1 unspecified atom stereocenters. The molecular weight excluding hydrogens is 478 g/mol. The average molecular weight is 506 g/mol. The summed E-state index contributed by atoms with van der Waals surface area (Å²) >= 11 is 6.06. The number of sulfonamides is 1. The minimum absolute atomic E-state index is 0.0577. The second kappa shape index (κ2) is 9.05. The van der Waals surface area contributed by atoms with Crippen LogP contribution in [0.5, 0.6) is 5.75 Å². The number of aromatic hydroxyl groups is 1. The number of phenols is 1. The third-order valence-corrected chi connectivity index (χ3v) is 7.84. The van der Waals surface area contributed by atoms with E-state index < -0.39 is 31.5 Å². The molecule has 10 heteroatoms. The van der Waals surface area contributed by atoms with Gasteiger partial charge in [0.05, 0.1) is 16.8 Å². The first-order valence-corrected chi connectivity index (χ1v) is 12.4. The lowest BCUT2D eigenvalue weighted by Crippen LogP contribution is -2.39. The number of nitrogens with one attached hydrogen (secondary N) is 2. The molecule has 3 rings (SSSR count).